The lowest BCUT2D eigenvalue weighted by Gasteiger charge is -2.49. The molecule has 0 unspecified atom stereocenters. The van der Waals surface area contributed by atoms with Crippen LogP contribution in [0.25, 0.3) is 10.4 Å². The van der Waals surface area contributed by atoms with Gasteiger partial charge in [-0.15, -0.1) is 0 Å². The van der Waals surface area contributed by atoms with Gasteiger partial charge >= 0.3 is 11.9 Å². The van der Waals surface area contributed by atoms with Gasteiger partial charge in [-0.3, -0.25) is 9.59 Å². The van der Waals surface area contributed by atoms with Crippen LogP contribution < -0.4 is 0 Å². The highest BCUT2D eigenvalue weighted by molar-refractivity contribution is 5.67. The minimum Gasteiger partial charge on any atom is -0.458 e. The minimum absolute atomic E-state index is 0.0768. The number of fused-ring (bicyclic) bond motifs is 1. The molecule has 1 saturated carbocycles. The third-order valence-corrected chi connectivity index (χ3v) is 4.78. The SMILES string of the molecule is CC(=O)O[C@H]1[C@@H]2O[C@H](c3ccccc3)OC[C@H]2[C@@H](O)[C@H](N=[N+]=[N-])[C@@H]1OC(C)=O. The second-order valence-electron chi connectivity index (χ2n) is 6.67. The van der Waals surface area contributed by atoms with Gasteiger partial charge in [0.05, 0.1) is 12.7 Å². The van der Waals surface area contributed by atoms with Gasteiger partial charge in [0.1, 0.15) is 12.1 Å². The smallest absolute Gasteiger partial charge is 0.303 e. The maximum atomic E-state index is 11.7. The van der Waals surface area contributed by atoms with Crippen molar-refractivity contribution in [3.8, 4) is 0 Å². The number of hydrogen-bond acceptors (Lipinski definition) is 8. The summed E-state index contributed by atoms with van der Waals surface area (Å²) >= 11 is 0. The molecule has 10 nitrogen and oxygen atoms in total. The van der Waals surface area contributed by atoms with Gasteiger partial charge in [0, 0.05) is 30.2 Å². The molecule has 10 heteroatoms. The maximum Gasteiger partial charge on any atom is 0.303 e. The average Bonchev–Trinajstić information content (AvgIpc) is 2.67. The van der Waals surface area contributed by atoms with E-state index in [0.29, 0.717) is 0 Å². The third kappa shape index (κ3) is 4.10. The fraction of sp³-hybridized carbons (Fsp3) is 0.556. The Morgan fingerprint density at radius 1 is 1.18 bits per heavy atom. The van der Waals surface area contributed by atoms with Crippen LogP contribution in [0.5, 0.6) is 0 Å². The summed E-state index contributed by atoms with van der Waals surface area (Å²) in [7, 11) is 0. The predicted molar refractivity (Wildman–Crippen MR) is 93.5 cm³/mol. The molecule has 1 saturated heterocycles. The number of rotatable bonds is 4. The Balaban J connectivity index is 1.95. The van der Waals surface area contributed by atoms with Crippen LogP contribution in [-0.4, -0.2) is 54.1 Å². The lowest BCUT2D eigenvalue weighted by molar-refractivity contribution is -0.302. The van der Waals surface area contributed by atoms with Crippen molar-refractivity contribution < 1.29 is 33.6 Å². The number of nitrogens with zero attached hydrogens (tertiary/aromatic N) is 3. The van der Waals surface area contributed by atoms with Gasteiger partial charge in [-0.2, -0.15) is 0 Å². The second kappa shape index (κ2) is 8.57. The summed E-state index contributed by atoms with van der Waals surface area (Å²) in [4.78, 5) is 26.0. The van der Waals surface area contributed by atoms with Crippen LogP contribution in [0.15, 0.2) is 35.4 Å². The zero-order chi connectivity index (χ0) is 20.3. The van der Waals surface area contributed by atoms with E-state index < -0.39 is 54.6 Å². The summed E-state index contributed by atoms with van der Waals surface area (Å²) in [5.41, 5.74) is 9.63. The zero-order valence-electron chi connectivity index (χ0n) is 15.4. The van der Waals surface area contributed by atoms with E-state index in [1.807, 2.05) is 30.3 Å². The normalized spacial score (nSPS) is 34.5. The van der Waals surface area contributed by atoms with Crippen LogP contribution in [-0.2, 0) is 28.5 Å². The number of aliphatic hydroxyl groups excluding tert-OH is 1. The monoisotopic (exact) mass is 391 g/mol. The molecule has 1 heterocycles. The molecular formula is C18H21N3O7. The molecule has 0 aromatic heterocycles. The van der Waals surface area contributed by atoms with Gasteiger partial charge in [-0.1, -0.05) is 35.4 Å². The molecule has 2 fully saturated rings. The van der Waals surface area contributed by atoms with Crippen molar-refractivity contribution in [2.24, 2.45) is 11.0 Å². The number of benzene rings is 1. The molecule has 0 amide bonds. The van der Waals surface area contributed by atoms with E-state index in [0.717, 1.165) is 5.56 Å². The highest BCUT2D eigenvalue weighted by Gasteiger charge is 2.56. The summed E-state index contributed by atoms with van der Waals surface area (Å²) in [6.45, 7) is 2.46. The van der Waals surface area contributed by atoms with Crippen molar-refractivity contribution >= 4 is 11.9 Å². The fourth-order valence-electron chi connectivity index (χ4n) is 3.65. The molecule has 2 aliphatic rings. The first-order valence-electron chi connectivity index (χ1n) is 8.81. The molecule has 3 rings (SSSR count). The lowest BCUT2D eigenvalue weighted by atomic mass is 9.76. The number of carbonyl (C=O) groups excluding carboxylic acids is 2. The molecule has 150 valence electrons. The van der Waals surface area contributed by atoms with E-state index >= 15 is 0 Å². The summed E-state index contributed by atoms with van der Waals surface area (Å²) in [6, 6.07) is 7.98. The topological polar surface area (TPSA) is 140 Å². The first-order chi connectivity index (χ1) is 13.4. The molecule has 0 radical (unpaired) electrons. The van der Waals surface area contributed by atoms with E-state index in [2.05, 4.69) is 10.0 Å². The summed E-state index contributed by atoms with van der Waals surface area (Å²) in [5.74, 6) is -1.94. The lowest BCUT2D eigenvalue weighted by Crippen LogP contribution is -2.65. The molecule has 7 atom stereocenters. The van der Waals surface area contributed by atoms with Crippen molar-refractivity contribution in [3.63, 3.8) is 0 Å². The van der Waals surface area contributed by atoms with E-state index in [9.17, 15) is 14.7 Å². The minimum atomic E-state index is -1.21. The Morgan fingerprint density at radius 3 is 2.43 bits per heavy atom. The number of aliphatic hydroxyl groups is 1. The summed E-state index contributed by atoms with van der Waals surface area (Å²) in [6.07, 6.45) is -5.05. The second-order valence-corrected chi connectivity index (χ2v) is 6.67. The number of esters is 2. The Bertz CT molecular complexity index is 768. The zero-order valence-corrected chi connectivity index (χ0v) is 15.4. The highest BCUT2D eigenvalue weighted by atomic mass is 16.7. The van der Waals surface area contributed by atoms with Crippen molar-refractivity contribution in [1.29, 1.82) is 0 Å². The van der Waals surface area contributed by atoms with Gasteiger partial charge < -0.3 is 24.1 Å². The van der Waals surface area contributed by atoms with E-state index in [-0.39, 0.29) is 6.61 Å². The molecule has 1 aliphatic heterocycles. The summed E-state index contributed by atoms with van der Waals surface area (Å²) < 4.78 is 22.4. The quantitative estimate of drug-likeness (QED) is 0.356. The van der Waals surface area contributed by atoms with Crippen LogP contribution in [0, 0.1) is 5.92 Å². The van der Waals surface area contributed by atoms with E-state index in [4.69, 9.17) is 24.5 Å². The first kappa shape index (κ1) is 20.1. The van der Waals surface area contributed by atoms with Crippen LogP contribution in [0.4, 0.5) is 0 Å². The van der Waals surface area contributed by atoms with Crippen molar-refractivity contribution in [3.05, 3.63) is 46.3 Å². The van der Waals surface area contributed by atoms with Crippen LogP contribution in [0.3, 0.4) is 0 Å². The predicted octanol–water partition coefficient (Wildman–Crippen LogP) is 1.63. The number of ether oxygens (including phenoxy) is 4. The van der Waals surface area contributed by atoms with Crippen LogP contribution >= 0.6 is 0 Å². The van der Waals surface area contributed by atoms with Crippen LogP contribution in [0.2, 0.25) is 0 Å². The summed E-state index contributed by atoms with van der Waals surface area (Å²) in [5, 5.41) is 14.3. The molecule has 1 aromatic rings. The van der Waals surface area contributed by atoms with Gasteiger partial charge in [0.2, 0.25) is 0 Å². The standard InChI is InChI=1S/C18H21N3O7/c1-9(22)26-16-13(20-21-19)14(24)12-8-25-18(11-6-4-3-5-7-11)28-15(12)17(16)27-10(2)23/h3-7,12-18,24H,8H2,1-2H3/t12-,13-,14+,15+,16-,17-,18+/m0/s1. The number of hydrogen-bond donors (Lipinski definition) is 1. The molecule has 0 spiro atoms. The van der Waals surface area contributed by atoms with Crippen molar-refractivity contribution in [2.75, 3.05) is 6.61 Å². The van der Waals surface area contributed by atoms with E-state index in [1.54, 1.807) is 0 Å². The number of azide groups is 1. The fourth-order valence-corrected chi connectivity index (χ4v) is 3.65. The van der Waals surface area contributed by atoms with Crippen molar-refractivity contribution in [2.45, 2.75) is 50.6 Å². The van der Waals surface area contributed by atoms with Gasteiger partial charge in [-0.05, 0) is 5.53 Å². The Labute approximate surface area is 161 Å². The van der Waals surface area contributed by atoms with Gasteiger partial charge in [0.15, 0.2) is 18.5 Å². The van der Waals surface area contributed by atoms with Crippen molar-refractivity contribution in [1.82, 2.24) is 0 Å². The average molecular weight is 391 g/mol. The van der Waals surface area contributed by atoms with Crippen LogP contribution in [0.1, 0.15) is 25.7 Å². The number of carbonyl (C=O) groups is 2. The molecule has 0 bridgehead atoms. The maximum absolute atomic E-state index is 11.7. The van der Waals surface area contributed by atoms with Gasteiger partial charge in [0.25, 0.3) is 0 Å². The van der Waals surface area contributed by atoms with Gasteiger partial charge in [-0.25, -0.2) is 0 Å². The Kier molecular flexibility index (Phi) is 6.15. The largest absolute Gasteiger partial charge is 0.458 e. The van der Waals surface area contributed by atoms with E-state index in [1.165, 1.54) is 13.8 Å². The Morgan fingerprint density at radius 2 is 1.82 bits per heavy atom. The molecular weight excluding hydrogens is 370 g/mol. The molecule has 1 N–H and O–H groups in total. The molecule has 28 heavy (non-hydrogen) atoms. The molecule has 1 aromatic carbocycles. The highest BCUT2D eigenvalue weighted by Crippen LogP contribution is 2.40. The molecule has 1 aliphatic carbocycles. The first-order valence-corrected chi connectivity index (χ1v) is 8.81. The Hall–Kier alpha value is -2.65. The third-order valence-electron chi connectivity index (χ3n) is 4.78.